The first-order valence-corrected chi connectivity index (χ1v) is 11.0. The van der Waals surface area contributed by atoms with Crippen LogP contribution in [0.3, 0.4) is 0 Å². The summed E-state index contributed by atoms with van der Waals surface area (Å²) in [5.74, 6) is 0.388. The minimum atomic E-state index is -0.664. The van der Waals surface area contributed by atoms with E-state index < -0.39 is 12.1 Å². The van der Waals surface area contributed by atoms with Crippen LogP contribution in [0.2, 0.25) is 0 Å². The molecule has 174 valence electrons. The Morgan fingerprint density at radius 2 is 1.73 bits per heavy atom. The molecule has 3 rings (SSSR count). The Morgan fingerprint density at radius 1 is 1.00 bits per heavy atom. The van der Waals surface area contributed by atoms with Crippen LogP contribution in [0.1, 0.15) is 35.3 Å². The molecule has 0 spiro atoms. The van der Waals surface area contributed by atoms with Gasteiger partial charge >= 0.3 is 5.97 Å². The van der Waals surface area contributed by atoms with Gasteiger partial charge in [-0.3, -0.25) is 0 Å². The molecule has 3 N–H and O–H groups in total. The van der Waals surface area contributed by atoms with Crippen LogP contribution in [0.25, 0.3) is 0 Å². The molecule has 2 atom stereocenters. The molecule has 0 amide bonds. The molecular formula is C27H31NO5. The SMILES string of the molecule is Cc1cc(O)ccc1[C@@H](O)[C@H](C)NCCc1ccc(OCC(=O)OCc2ccccc2)cc1. The fraction of sp³-hybridized carbons (Fsp3) is 0.296. The van der Waals surface area contributed by atoms with Crippen molar-refractivity contribution in [3.63, 3.8) is 0 Å². The highest BCUT2D eigenvalue weighted by Gasteiger charge is 2.17. The summed E-state index contributed by atoms with van der Waals surface area (Å²) < 4.78 is 10.7. The maximum atomic E-state index is 11.9. The molecule has 6 nitrogen and oxygen atoms in total. The molecule has 0 saturated heterocycles. The van der Waals surface area contributed by atoms with Crippen LogP contribution in [0.15, 0.2) is 72.8 Å². The number of phenols is 1. The number of rotatable bonds is 11. The molecule has 33 heavy (non-hydrogen) atoms. The largest absolute Gasteiger partial charge is 0.508 e. The predicted molar refractivity (Wildman–Crippen MR) is 127 cm³/mol. The molecule has 0 aliphatic heterocycles. The van der Waals surface area contributed by atoms with Crippen molar-refractivity contribution in [1.82, 2.24) is 5.32 Å². The molecule has 0 unspecified atom stereocenters. The summed E-state index contributed by atoms with van der Waals surface area (Å²) in [6.07, 6.45) is 0.119. The van der Waals surface area contributed by atoms with E-state index in [0.29, 0.717) is 12.3 Å². The minimum Gasteiger partial charge on any atom is -0.508 e. The molecule has 0 aliphatic carbocycles. The number of benzene rings is 3. The summed E-state index contributed by atoms with van der Waals surface area (Å²) in [4.78, 5) is 11.9. The second kappa shape index (κ2) is 12.0. The van der Waals surface area contributed by atoms with E-state index in [9.17, 15) is 15.0 Å². The van der Waals surface area contributed by atoms with Crippen LogP contribution in [0, 0.1) is 6.92 Å². The first kappa shape index (κ1) is 24.3. The Hall–Kier alpha value is -3.35. The Morgan fingerprint density at radius 3 is 2.42 bits per heavy atom. The molecule has 0 aliphatic rings. The molecule has 0 fully saturated rings. The maximum absolute atomic E-state index is 11.9. The van der Waals surface area contributed by atoms with Crippen LogP contribution < -0.4 is 10.1 Å². The third-order valence-corrected chi connectivity index (χ3v) is 5.45. The van der Waals surface area contributed by atoms with Gasteiger partial charge in [0.2, 0.25) is 0 Å². The normalized spacial score (nSPS) is 12.7. The zero-order valence-electron chi connectivity index (χ0n) is 19.0. The minimum absolute atomic E-state index is 0.139. The summed E-state index contributed by atoms with van der Waals surface area (Å²) in [6, 6.07) is 21.9. The van der Waals surface area contributed by atoms with Crippen molar-refractivity contribution in [2.45, 2.75) is 39.0 Å². The summed E-state index contributed by atoms with van der Waals surface area (Å²) in [5.41, 5.74) is 3.71. The van der Waals surface area contributed by atoms with Gasteiger partial charge < -0.3 is 25.0 Å². The lowest BCUT2D eigenvalue weighted by Crippen LogP contribution is -2.34. The highest BCUT2D eigenvalue weighted by molar-refractivity contribution is 5.71. The van der Waals surface area contributed by atoms with E-state index in [1.807, 2.05) is 68.4 Å². The molecule has 3 aromatic carbocycles. The second-order valence-electron chi connectivity index (χ2n) is 8.06. The van der Waals surface area contributed by atoms with Crippen molar-refractivity contribution >= 4 is 5.97 Å². The van der Waals surface area contributed by atoms with Crippen LogP contribution in [0.5, 0.6) is 11.5 Å². The molecule has 0 radical (unpaired) electrons. The molecular weight excluding hydrogens is 418 g/mol. The van der Waals surface area contributed by atoms with Crippen molar-refractivity contribution in [2.24, 2.45) is 0 Å². The molecule has 0 aromatic heterocycles. The van der Waals surface area contributed by atoms with E-state index in [4.69, 9.17) is 9.47 Å². The number of aromatic hydroxyl groups is 1. The number of ether oxygens (including phenoxy) is 2. The van der Waals surface area contributed by atoms with E-state index >= 15 is 0 Å². The van der Waals surface area contributed by atoms with Gasteiger partial charge in [-0.25, -0.2) is 4.79 Å². The molecule has 0 saturated carbocycles. The number of hydrogen-bond donors (Lipinski definition) is 3. The number of esters is 1. The number of carbonyl (C=O) groups is 1. The summed E-state index contributed by atoms with van der Waals surface area (Å²) >= 11 is 0. The molecule has 6 heteroatoms. The zero-order chi connectivity index (χ0) is 23.6. The zero-order valence-corrected chi connectivity index (χ0v) is 19.0. The lowest BCUT2D eigenvalue weighted by Gasteiger charge is -2.22. The average molecular weight is 450 g/mol. The van der Waals surface area contributed by atoms with Gasteiger partial charge in [-0.05, 0) is 73.3 Å². The van der Waals surface area contributed by atoms with Crippen LogP contribution in [-0.2, 0) is 22.6 Å². The lowest BCUT2D eigenvalue weighted by molar-refractivity contribution is -0.147. The van der Waals surface area contributed by atoms with E-state index in [1.54, 1.807) is 18.2 Å². The predicted octanol–water partition coefficient (Wildman–Crippen LogP) is 4.08. The molecule has 0 bridgehead atoms. The number of carbonyl (C=O) groups excluding carboxylic acids is 1. The van der Waals surface area contributed by atoms with E-state index in [2.05, 4.69) is 5.32 Å². The molecule has 0 heterocycles. The Bertz CT molecular complexity index is 1020. The fourth-order valence-electron chi connectivity index (χ4n) is 3.49. The average Bonchev–Trinajstić information content (AvgIpc) is 2.82. The maximum Gasteiger partial charge on any atom is 0.344 e. The van der Waals surface area contributed by atoms with Crippen molar-refractivity contribution in [1.29, 1.82) is 0 Å². The highest BCUT2D eigenvalue weighted by Crippen LogP contribution is 2.24. The number of phenolic OH excluding ortho intramolecular Hbond substituents is 1. The van der Waals surface area contributed by atoms with Crippen molar-refractivity contribution in [3.05, 3.63) is 95.1 Å². The third-order valence-electron chi connectivity index (χ3n) is 5.45. The van der Waals surface area contributed by atoms with Crippen molar-refractivity contribution in [2.75, 3.05) is 13.2 Å². The van der Waals surface area contributed by atoms with Crippen LogP contribution >= 0.6 is 0 Å². The monoisotopic (exact) mass is 449 g/mol. The number of nitrogens with one attached hydrogen (secondary N) is 1. The van der Waals surface area contributed by atoms with Gasteiger partial charge in [-0.2, -0.15) is 0 Å². The Kier molecular flexibility index (Phi) is 8.87. The van der Waals surface area contributed by atoms with E-state index in [1.165, 1.54) is 0 Å². The summed E-state index contributed by atoms with van der Waals surface area (Å²) in [7, 11) is 0. The van der Waals surface area contributed by atoms with Gasteiger partial charge in [0.25, 0.3) is 0 Å². The number of aliphatic hydroxyl groups is 1. The van der Waals surface area contributed by atoms with Gasteiger partial charge in [0.15, 0.2) is 6.61 Å². The number of aryl methyl sites for hydroxylation is 1. The number of aliphatic hydroxyl groups excluding tert-OH is 1. The van der Waals surface area contributed by atoms with E-state index in [-0.39, 0.29) is 25.0 Å². The van der Waals surface area contributed by atoms with Crippen LogP contribution in [0.4, 0.5) is 0 Å². The summed E-state index contributed by atoms with van der Waals surface area (Å²) in [6.45, 7) is 4.60. The third kappa shape index (κ3) is 7.63. The van der Waals surface area contributed by atoms with Gasteiger partial charge in [0, 0.05) is 6.04 Å². The number of hydrogen-bond acceptors (Lipinski definition) is 6. The quantitative estimate of drug-likeness (QED) is 0.383. The van der Waals surface area contributed by atoms with Gasteiger partial charge in [-0.1, -0.05) is 48.5 Å². The van der Waals surface area contributed by atoms with Crippen molar-refractivity contribution in [3.8, 4) is 11.5 Å². The standard InChI is InChI=1S/C27H31NO5/c1-19-16-23(29)10-13-25(19)27(31)20(2)28-15-14-21-8-11-24(12-9-21)32-18-26(30)33-17-22-6-4-3-5-7-22/h3-13,16,20,27-29,31H,14-15,17-18H2,1-2H3/t20-,27-/m0/s1. The van der Waals surface area contributed by atoms with Gasteiger partial charge in [0.05, 0.1) is 6.10 Å². The second-order valence-corrected chi connectivity index (χ2v) is 8.06. The Balaban J connectivity index is 1.38. The highest BCUT2D eigenvalue weighted by atomic mass is 16.6. The van der Waals surface area contributed by atoms with E-state index in [0.717, 1.165) is 28.7 Å². The Labute approximate surface area is 194 Å². The summed E-state index contributed by atoms with van der Waals surface area (Å²) in [5, 5.41) is 23.5. The lowest BCUT2D eigenvalue weighted by atomic mass is 9.98. The van der Waals surface area contributed by atoms with Gasteiger partial charge in [0.1, 0.15) is 18.1 Å². The first-order chi connectivity index (χ1) is 15.9. The molecule has 3 aromatic rings. The van der Waals surface area contributed by atoms with Crippen molar-refractivity contribution < 1.29 is 24.5 Å². The smallest absolute Gasteiger partial charge is 0.344 e. The topological polar surface area (TPSA) is 88.0 Å². The van der Waals surface area contributed by atoms with Gasteiger partial charge in [-0.15, -0.1) is 0 Å². The fourth-order valence-corrected chi connectivity index (χ4v) is 3.49. The van der Waals surface area contributed by atoms with Crippen LogP contribution in [-0.4, -0.2) is 35.4 Å². The first-order valence-electron chi connectivity index (χ1n) is 11.0.